The first kappa shape index (κ1) is 29.7. The predicted molar refractivity (Wildman–Crippen MR) is 167 cm³/mol. The third-order valence-corrected chi connectivity index (χ3v) is 16.5. The van der Waals surface area contributed by atoms with E-state index >= 15 is 0 Å². The van der Waals surface area contributed by atoms with E-state index < -0.39 is 21.3 Å². The molecule has 0 aliphatic heterocycles. The number of benzene rings is 2. The van der Waals surface area contributed by atoms with Gasteiger partial charge in [-0.1, -0.05) is 0 Å². The Morgan fingerprint density at radius 1 is 0.816 bits per heavy atom. The number of fused-ring (bicyclic) bond motifs is 3. The summed E-state index contributed by atoms with van der Waals surface area (Å²) in [5.41, 5.74) is 12.7. The molecule has 1 heteroatoms. The fourth-order valence-corrected chi connectivity index (χ4v) is 16.8. The van der Waals surface area contributed by atoms with Crippen molar-refractivity contribution in [2.24, 2.45) is 11.8 Å². The van der Waals surface area contributed by atoms with Crippen LogP contribution in [-0.4, -0.2) is 3.21 Å². The van der Waals surface area contributed by atoms with E-state index in [1.165, 1.54) is 36.0 Å². The maximum absolute atomic E-state index is 2.61. The van der Waals surface area contributed by atoms with E-state index in [-0.39, 0.29) is 10.8 Å². The zero-order chi connectivity index (χ0) is 28.2. The van der Waals surface area contributed by atoms with Crippen molar-refractivity contribution in [3.8, 4) is 11.1 Å². The van der Waals surface area contributed by atoms with Crippen LogP contribution in [0.1, 0.15) is 122 Å². The van der Waals surface area contributed by atoms with Crippen LogP contribution >= 0.6 is 0 Å². The van der Waals surface area contributed by atoms with Crippen LogP contribution in [0.15, 0.2) is 39.7 Å². The molecule has 0 aromatic heterocycles. The van der Waals surface area contributed by atoms with Crippen molar-refractivity contribution >= 4 is 6.48 Å². The van der Waals surface area contributed by atoms with Crippen LogP contribution in [-0.2, 0) is 38.5 Å². The van der Waals surface area contributed by atoms with Crippen LogP contribution in [0.4, 0.5) is 0 Å². The predicted octanol–water partition coefficient (Wildman–Crippen LogP) is 9.82. The van der Waals surface area contributed by atoms with Gasteiger partial charge in [0.25, 0.3) is 0 Å². The molecule has 0 saturated heterocycles. The number of aryl methyl sites for hydroxylation is 1. The summed E-state index contributed by atoms with van der Waals surface area (Å²) in [5, 5.41) is 0. The molecular weight excluding hydrogens is 536 g/mol. The van der Waals surface area contributed by atoms with Crippen molar-refractivity contribution in [2.45, 2.75) is 120 Å². The van der Waals surface area contributed by atoms with Gasteiger partial charge in [-0.2, -0.15) is 0 Å². The number of rotatable bonds is 6. The molecule has 0 saturated carbocycles. The zero-order valence-electron chi connectivity index (χ0n) is 26.4. The van der Waals surface area contributed by atoms with Crippen molar-refractivity contribution in [2.75, 3.05) is 0 Å². The molecule has 2 aliphatic carbocycles. The normalized spacial score (nSPS) is 14.8. The van der Waals surface area contributed by atoms with Crippen LogP contribution in [0.25, 0.3) is 11.1 Å². The summed E-state index contributed by atoms with van der Waals surface area (Å²) < 4.78 is 5.56. The van der Waals surface area contributed by atoms with Crippen LogP contribution < -0.4 is 3.27 Å². The van der Waals surface area contributed by atoms with Gasteiger partial charge >= 0.3 is 243 Å². The van der Waals surface area contributed by atoms with Gasteiger partial charge < -0.3 is 0 Å². The van der Waals surface area contributed by atoms with Crippen molar-refractivity contribution in [3.63, 3.8) is 0 Å². The topological polar surface area (TPSA) is 0 Å². The Morgan fingerprint density at radius 3 is 1.89 bits per heavy atom. The van der Waals surface area contributed by atoms with Gasteiger partial charge in [0.1, 0.15) is 0 Å². The molecule has 0 radical (unpaired) electrons. The molecule has 0 atom stereocenters. The Morgan fingerprint density at radius 2 is 1.39 bits per heavy atom. The Bertz CT molecular complexity index is 1310. The molecular formula is C37H52Zr. The molecule has 0 bridgehead atoms. The first-order chi connectivity index (χ1) is 17.6. The van der Waals surface area contributed by atoms with Crippen LogP contribution in [0, 0.1) is 25.7 Å². The molecule has 204 valence electrons. The van der Waals surface area contributed by atoms with E-state index in [1.807, 2.05) is 6.48 Å². The minimum atomic E-state index is -2.34. The van der Waals surface area contributed by atoms with Crippen molar-refractivity contribution < 1.29 is 21.3 Å². The standard InChI is InChI=1S/C23H29.C9H18.C5H5.Zr/c1-14-9-16-11-17-10-15(2)21(23(6,7)8)13-19(17)18(16)12-20(14)22(3,4)5;1-8(2)6-5-7-9(3)4;1-2-4-5-3-1;/h9,12-13H,11H2,1-8H3;8-9H,6-7H2,1-4H3;1-3H,4H2;. The Balaban J connectivity index is 2.11. The van der Waals surface area contributed by atoms with Crippen LogP contribution in [0.2, 0.25) is 0 Å². The van der Waals surface area contributed by atoms with Gasteiger partial charge in [-0.3, -0.25) is 0 Å². The van der Waals surface area contributed by atoms with Gasteiger partial charge in [-0.15, -0.1) is 0 Å². The second-order valence-corrected chi connectivity index (χ2v) is 21.3. The number of allylic oxidation sites excluding steroid dienone is 4. The van der Waals surface area contributed by atoms with Crippen LogP contribution in [0.3, 0.4) is 0 Å². The van der Waals surface area contributed by atoms with Crippen molar-refractivity contribution in [3.05, 3.63) is 73.1 Å². The monoisotopic (exact) mass is 586 g/mol. The molecule has 0 unspecified atom stereocenters. The van der Waals surface area contributed by atoms with E-state index in [0.29, 0.717) is 11.8 Å². The first-order valence-corrected chi connectivity index (χ1v) is 18.7. The Kier molecular flexibility index (Phi) is 8.52. The molecule has 2 aromatic rings. The molecule has 0 nitrogen and oxygen atoms in total. The third-order valence-electron chi connectivity index (χ3n) is 8.42. The second-order valence-electron chi connectivity index (χ2n) is 14.9. The molecule has 0 amide bonds. The van der Waals surface area contributed by atoms with Gasteiger partial charge in [-0.25, -0.2) is 0 Å². The zero-order valence-corrected chi connectivity index (χ0v) is 28.9. The van der Waals surface area contributed by atoms with Crippen LogP contribution in [0.5, 0.6) is 0 Å². The van der Waals surface area contributed by atoms with Gasteiger partial charge in [0.05, 0.1) is 0 Å². The summed E-state index contributed by atoms with van der Waals surface area (Å²) in [5.74, 6) is 1.42. The van der Waals surface area contributed by atoms with E-state index in [4.69, 9.17) is 0 Å². The Labute approximate surface area is 242 Å². The maximum atomic E-state index is 2.61. The number of hydrogen-bond donors (Lipinski definition) is 0. The average Bonchev–Trinajstić information content (AvgIpc) is 3.39. The molecule has 0 heterocycles. The summed E-state index contributed by atoms with van der Waals surface area (Å²) in [6.07, 6.45) is 12.1. The molecule has 0 fully saturated rings. The molecule has 2 aliphatic rings. The fourth-order valence-electron chi connectivity index (χ4n) is 7.01. The Hall–Kier alpha value is -1.33. The van der Waals surface area contributed by atoms with Gasteiger partial charge in [-0.05, 0) is 0 Å². The summed E-state index contributed by atoms with van der Waals surface area (Å²) in [6.45, 7) is 28.9. The van der Waals surface area contributed by atoms with Crippen molar-refractivity contribution in [1.82, 2.24) is 0 Å². The molecule has 0 N–H and O–H groups in total. The molecule has 38 heavy (non-hydrogen) atoms. The molecule has 0 spiro atoms. The molecule has 4 rings (SSSR count). The third kappa shape index (κ3) is 5.89. The van der Waals surface area contributed by atoms with E-state index in [9.17, 15) is 0 Å². The quantitative estimate of drug-likeness (QED) is 0.269. The number of hydrogen-bond acceptors (Lipinski definition) is 0. The van der Waals surface area contributed by atoms with E-state index in [2.05, 4.69) is 120 Å². The van der Waals surface area contributed by atoms with Crippen molar-refractivity contribution in [1.29, 1.82) is 0 Å². The minimum absolute atomic E-state index is 0.126. The first-order valence-electron chi connectivity index (χ1n) is 15.0. The average molecular weight is 588 g/mol. The van der Waals surface area contributed by atoms with E-state index in [1.54, 1.807) is 31.1 Å². The fraction of sp³-hybridized carbons (Fsp3) is 0.541. The van der Waals surface area contributed by atoms with Gasteiger partial charge in [0, 0.05) is 0 Å². The summed E-state index contributed by atoms with van der Waals surface area (Å²) in [4.78, 5) is 0. The SMILES string of the molecule is Cc1cc2c(cc1C(C)(C)C)-c1cc(C(C)(C)C)c(C)[c]([Zr]([C]3=CC=CC3)=[C](CC(C)C)CC(C)C)c1C2. The van der Waals surface area contributed by atoms with E-state index in [0.717, 1.165) is 6.42 Å². The second kappa shape index (κ2) is 10.9. The van der Waals surface area contributed by atoms with Gasteiger partial charge in [0.2, 0.25) is 0 Å². The summed E-state index contributed by atoms with van der Waals surface area (Å²) in [7, 11) is 0. The molecule has 2 aromatic carbocycles. The summed E-state index contributed by atoms with van der Waals surface area (Å²) in [6, 6.07) is 7.70. The van der Waals surface area contributed by atoms with Gasteiger partial charge in [0.15, 0.2) is 0 Å². The summed E-state index contributed by atoms with van der Waals surface area (Å²) >= 11 is -2.34.